The van der Waals surface area contributed by atoms with E-state index in [2.05, 4.69) is 12.2 Å². The number of nitrogens with one attached hydrogen (secondary N) is 1. The Morgan fingerprint density at radius 1 is 1.10 bits per heavy atom. The summed E-state index contributed by atoms with van der Waals surface area (Å²) in [4.78, 5) is 0. The molecule has 0 radical (unpaired) electrons. The van der Waals surface area contributed by atoms with E-state index in [4.69, 9.17) is 4.74 Å². The number of hydrogen-bond acceptors (Lipinski definition) is 2. The zero-order valence-electron chi connectivity index (χ0n) is 13.8. The predicted molar refractivity (Wildman–Crippen MR) is 87.4 cm³/mol. The molecule has 0 fully saturated rings. The molecule has 0 spiro atoms. The van der Waals surface area contributed by atoms with Gasteiger partial charge in [-0.05, 0) is 31.2 Å². The van der Waals surface area contributed by atoms with Gasteiger partial charge < -0.3 is 10.1 Å². The number of rotatable bonds is 11. The summed E-state index contributed by atoms with van der Waals surface area (Å²) >= 11 is 0. The molecule has 3 heteroatoms. The minimum absolute atomic E-state index is 0.273. The van der Waals surface area contributed by atoms with Crippen molar-refractivity contribution < 1.29 is 9.13 Å². The number of benzene rings is 1. The van der Waals surface area contributed by atoms with Gasteiger partial charge in [0.1, 0.15) is 0 Å². The zero-order chi connectivity index (χ0) is 15.5. The standard InChI is InChI=1S/C18H30FNO/c1-4-5-6-7-8-9-10-11-17(20-2)15-12-13-16(19)18(14-15)21-3/h12-14,17,20H,4-11H2,1-3H3. The lowest BCUT2D eigenvalue weighted by atomic mass is 9.99. The molecule has 1 aromatic carbocycles. The highest BCUT2D eigenvalue weighted by Gasteiger charge is 2.12. The molecule has 0 heterocycles. The number of ether oxygens (including phenoxy) is 1. The molecule has 0 amide bonds. The summed E-state index contributed by atoms with van der Waals surface area (Å²) in [5, 5.41) is 3.32. The Labute approximate surface area is 129 Å². The van der Waals surface area contributed by atoms with Gasteiger partial charge in [-0.25, -0.2) is 4.39 Å². The highest BCUT2D eigenvalue weighted by atomic mass is 19.1. The maximum Gasteiger partial charge on any atom is 0.165 e. The molecular formula is C18H30FNO. The van der Waals surface area contributed by atoms with Crippen LogP contribution in [0.4, 0.5) is 4.39 Å². The van der Waals surface area contributed by atoms with E-state index in [9.17, 15) is 4.39 Å². The zero-order valence-corrected chi connectivity index (χ0v) is 13.8. The molecule has 0 bridgehead atoms. The van der Waals surface area contributed by atoms with Crippen molar-refractivity contribution in [2.45, 2.75) is 64.3 Å². The number of unbranched alkanes of at least 4 members (excludes halogenated alkanes) is 6. The maximum atomic E-state index is 13.4. The molecule has 1 atom stereocenters. The van der Waals surface area contributed by atoms with E-state index in [-0.39, 0.29) is 11.9 Å². The minimum atomic E-state index is -0.299. The van der Waals surface area contributed by atoms with Gasteiger partial charge in [0.2, 0.25) is 0 Å². The fourth-order valence-corrected chi connectivity index (χ4v) is 2.68. The smallest absolute Gasteiger partial charge is 0.165 e. The number of hydrogen-bond donors (Lipinski definition) is 1. The first-order valence-electron chi connectivity index (χ1n) is 8.23. The van der Waals surface area contributed by atoms with Crippen LogP contribution in [0.3, 0.4) is 0 Å². The van der Waals surface area contributed by atoms with Gasteiger partial charge >= 0.3 is 0 Å². The van der Waals surface area contributed by atoms with Crippen molar-refractivity contribution in [3.8, 4) is 5.75 Å². The van der Waals surface area contributed by atoms with Gasteiger partial charge in [-0.2, -0.15) is 0 Å². The Balaban J connectivity index is 2.37. The summed E-state index contributed by atoms with van der Waals surface area (Å²) in [7, 11) is 3.47. The lowest BCUT2D eigenvalue weighted by Crippen LogP contribution is -2.16. The Hall–Kier alpha value is -1.09. The summed E-state index contributed by atoms with van der Waals surface area (Å²) in [6.07, 6.45) is 10.3. The number of halogens is 1. The van der Waals surface area contributed by atoms with Crippen LogP contribution >= 0.6 is 0 Å². The van der Waals surface area contributed by atoms with Crippen molar-refractivity contribution in [3.05, 3.63) is 29.6 Å². The van der Waals surface area contributed by atoms with Gasteiger partial charge in [-0.15, -0.1) is 0 Å². The third kappa shape index (κ3) is 6.47. The van der Waals surface area contributed by atoms with Crippen molar-refractivity contribution in [1.82, 2.24) is 5.32 Å². The van der Waals surface area contributed by atoms with Gasteiger partial charge in [0, 0.05) is 6.04 Å². The van der Waals surface area contributed by atoms with Crippen LogP contribution in [0.25, 0.3) is 0 Å². The molecule has 0 saturated heterocycles. The van der Waals surface area contributed by atoms with E-state index in [0.29, 0.717) is 5.75 Å². The van der Waals surface area contributed by atoms with Crippen LogP contribution in [0.1, 0.15) is 69.9 Å². The third-order valence-electron chi connectivity index (χ3n) is 4.02. The van der Waals surface area contributed by atoms with E-state index in [1.54, 1.807) is 6.07 Å². The first-order valence-corrected chi connectivity index (χ1v) is 8.23. The van der Waals surface area contributed by atoms with E-state index >= 15 is 0 Å². The van der Waals surface area contributed by atoms with Gasteiger partial charge in [0.15, 0.2) is 11.6 Å². The van der Waals surface area contributed by atoms with E-state index in [1.807, 2.05) is 13.1 Å². The van der Waals surface area contributed by atoms with Crippen LogP contribution in [0.15, 0.2) is 18.2 Å². The van der Waals surface area contributed by atoms with Crippen LogP contribution in [-0.4, -0.2) is 14.2 Å². The van der Waals surface area contributed by atoms with Gasteiger partial charge in [-0.3, -0.25) is 0 Å². The Bertz CT molecular complexity index is 395. The second-order valence-corrected chi connectivity index (χ2v) is 5.65. The average molecular weight is 295 g/mol. The number of methoxy groups -OCH3 is 1. The molecule has 1 aromatic rings. The summed E-state index contributed by atoms with van der Waals surface area (Å²) in [6, 6.07) is 5.41. The average Bonchev–Trinajstić information content (AvgIpc) is 2.51. The molecule has 0 saturated carbocycles. The van der Waals surface area contributed by atoms with Crippen molar-refractivity contribution in [2.75, 3.05) is 14.2 Å². The molecule has 1 rings (SSSR count). The van der Waals surface area contributed by atoms with Crippen molar-refractivity contribution in [2.24, 2.45) is 0 Å². The highest BCUT2D eigenvalue weighted by molar-refractivity contribution is 5.32. The van der Waals surface area contributed by atoms with Gasteiger partial charge in [0.25, 0.3) is 0 Å². The molecular weight excluding hydrogens is 265 g/mol. The van der Waals surface area contributed by atoms with Gasteiger partial charge in [-0.1, -0.05) is 57.9 Å². The van der Waals surface area contributed by atoms with Crippen LogP contribution in [0.5, 0.6) is 5.75 Å². The first-order chi connectivity index (χ1) is 10.2. The SMILES string of the molecule is CCCCCCCCCC(NC)c1ccc(F)c(OC)c1. The van der Waals surface area contributed by atoms with Crippen LogP contribution < -0.4 is 10.1 Å². The predicted octanol–water partition coefficient (Wildman–Crippen LogP) is 5.24. The maximum absolute atomic E-state index is 13.4. The summed E-state index contributed by atoms with van der Waals surface area (Å²) in [6.45, 7) is 2.24. The summed E-state index contributed by atoms with van der Waals surface area (Å²) < 4.78 is 18.5. The molecule has 1 N–H and O–H groups in total. The second kappa shape index (κ2) is 10.6. The lowest BCUT2D eigenvalue weighted by molar-refractivity contribution is 0.384. The fourth-order valence-electron chi connectivity index (χ4n) is 2.68. The van der Waals surface area contributed by atoms with Crippen molar-refractivity contribution in [1.29, 1.82) is 0 Å². The molecule has 21 heavy (non-hydrogen) atoms. The fraction of sp³-hybridized carbons (Fsp3) is 0.667. The van der Waals surface area contributed by atoms with Crippen molar-refractivity contribution in [3.63, 3.8) is 0 Å². The highest BCUT2D eigenvalue weighted by Crippen LogP contribution is 2.25. The van der Waals surface area contributed by atoms with Gasteiger partial charge in [0.05, 0.1) is 7.11 Å². The Kier molecular flexibility index (Phi) is 9.07. The van der Waals surface area contributed by atoms with Crippen LogP contribution in [-0.2, 0) is 0 Å². The van der Waals surface area contributed by atoms with Crippen molar-refractivity contribution >= 4 is 0 Å². The molecule has 120 valence electrons. The molecule has 0 aliphatic carbocycles. The first kappa shape index (κ1) is 18.0. The molecule has 0 aliphatic rings. The molecule has 0 aliphatic heterocycles. The monoisotopic (exact) mass is 295 g/mol. The summed E-state index contributed by atoms with van der Waals surface area (Å²) in [5.41, 5.74) is 1.10. The molecule has 2 nitrogen and oxygen atoms in total. The normalized spacial score (nSPS) is 12.4. The third-order valence-corrected chi connectivity index (χ3v) is 4.02. The van der Waals surface area contributed by atoms with E-state index in [1.165, 1.54) is 58.1 Å². The molecule has 0 aromatic heterocycles. The summed E-state index contributed by atoms with van der Waals surface area (Å²) in [5.74, 6) is 0.0272. The topological polar surface area (TPSA) is 21.3 Å². The Morgan fingerprint density at radius 3 is 2.38 bits per heavy atom. The van der Waals surface area contributed by atoms with Crippen LogP contribution in [0.2, 0.25) is 0 Å². The molecule has 1 unspecified atom stereocenters. The van der Waals surface area contributed by atoms with E-state index < -0.39 is 0 Å². The largest absolute Gasteiger partial charge is 0.494 e. The lowest BCUT2D eigenvalue weighted by Gasteiger charge is -2.17. The minimum Gasteiger partial charge on any atom is -0.494 e. The van der Waals surface area contributed by atoms with E-state index in [0.717, 1.165) is 12.0 Å². The van der Waals surface area contributed by atoms with Crippen LogP contribution in [0, 0.1) is 5.82 Å². The Morgan fingerprint density at radius 2 is 1.76 bits per heavy atom. The second-order valence-electron chi connectivity index (χ2n) is 5.65. The quantitative estimate of drug-likeness (QED) is 0.564.